The Morgan fingerprint density at radius 2 is 2.05 bits per heavy atom. The first kappa shape index (κ1) is 15.0. The van der Waals surface area contributed by atoms with E-state index in [-0.39, 0.29) is 5.91 Å². The summed E-state index contributed by atoms with van der Waals surface area (Å²) in [5, 5.41) is 5.37. The Kier molecular flexibility index (Phi) is 5.56. The molecule has 20 heavy (non-hydrogen) atoms. The molecule has 0 saturated heterocycles. The molecular weight excluding hydrogens is 292 g/mol. The Morgan fingerprint density at radius 1 is 1.30 bits per heavy atom. The Balaban J connectivity index is 1.92. The average molecular weight is 309 g/mol. The summed E-state index contributed by atoms with van der Waals surface area (Å²) in [6, 6.07) is 8.49. The number of carbonyl (C=O) groups excluding carboxylic acids is 1. The second kappa shape index (κ2) is 7.41. The number of aromatic nitrogens is 1. The van der Waals surface area contributed by atoms with E-state index >= 15 is 0 Å². The van der Waals surface area contributed by atoms with Crippen molar-refractivity contribution in [3.05, 3.63) is 46.5 Å². The number of nitrogens with zero attached hydrogens (tertiary/aromatic N) is 1. The fourth-order valence-electron chi connectivity index (χ4n) is 1.95. The predicted molar refractivity (Wildman–Crippen MR) is 84.7 cm³/mol. The van der Waals surface area contributed by atoms with Crippen molar-refractivity contribution in [1.29, 1.82) is 0 Å². The van der Waals surface area contributed by atoms with Crippen LogP contribution in [0.2, 0.25) is 0 Å². The molecule has 0 radical (unpaired) electrons. The van der Waals surface area contributed by atoms with Gasteiger partial charge in [0, 0.05) is 18.2 Å². The van der Waals surface area contributed by atoms with E-state index in [1.807, 2.05) is 5.38 Å². The molecule has 0 atom stereocenters. The van der Waals surface area contributed by atoms with E-state index in [0.29, 0.717) is 11.0 Å². The zero-order valence-electron chi connectivity index (χ0n) is 11.4. The lowest BCUT2D eigenvalue weighted by molar-refractivity contribution is -0.114. The van der Waals surface area contributed by atoms with Crippen LogP contribution in [0.5, 0.6) is 0 Å². The van der Waals surface area contributed by atoms with Crippen molar-refractivity contribution in [2.24, 2.45) is 0 Å². The first-order valence-corrected chi connectivity index (χ1v) is 7.94. The summed E-state index contributed by atoms with van der Waals surface area (Å²) in [4.78, 5) is 15.3. The first-order chi connectivity index (χ1) is 9.67. The molecule has 5 heteroatoms. The summed E-state index contributed by atoms with van der Waals surface area (Å²) in [5.74, 6) is 0.565. The van der Waals surface area contributed by atoms with E-state index < -0.39 is 0 Å². The largest absolute Gasteiger partial charge is 0.302 e. The van der Waals surface area contributed by atoms with Gasteiger partial charge < -0.3 is 5.32 Å². The minimum Gasteiger partial charge on any atom is -0.302 e. The molecule has 0 aliphatic heterocycles. The Bertz CT molecular complexity index is 583. The lowest BCUT2D eigenvalue weighted by Gasteiger charge is -2.03. The minimum absolute atomic E-state index is 0.0836. The summed E-state index contributed by atoms with van der Waals surface area (Å²) in [7, 11) is 0. The van der Waals surface area contributed by atoms with Crippen LogP contribution in [-0.2, 0) is 24.1 Å². The molecule has 0 bridgehead atoms. The Hall–Kier alpha value is -1.39. The van der Waals surface area contributed by atoms with Crippen LogP contribution in [0.3, 0.4) is 0 Å². The van der Waals surface area contributed by atoms with Gasteiger partial charge in [-0.25, -0.2) is 4.98 Å². The number of rotatable bonds is 6. The molecule has 2 rings (SSSR count). The Labute approximate surface area is 128 Å². The van der Waals surface area contributed by atoms with Crippen molar-refractivity contribution in [3.8, 4) is 0 Å². The molecule has 1 heterocycles. The van der Waals surface area contributed by atoms with Gasteiger partial charge in [-0.1, -0.05) is 24.3 Å². The van der Waals surface area contributed by atoms with Crippen molar-refractivity contribution < 1.29 is 4.79 Å². The lowest BCUT2D eigenvalue weighted by atomic mass is 10.0. The van der Waals surface area contributed by atoms with Gasteiger partial charge in [0.15, 0.2) is 5.13 Å². The number of aryl methyl sites for hydroxylation is 3. The van der Waals surface area contributed by atoms with Gasteiger partial charge in [0.05, 0.1) is 5.69 Å². The second-order valence-electron chi connectivity index (χ2n) is 4.58. The van der Waals surface area contributed by atoms with Crippen LogP contribution in [0.15, 0.2) is 29.6 Å². The molecule has 1 amide bonds. The second-order valence-corrected chi connectivity index (χ2v) is 5.82. The van der Waals surface area contributed by atoms with Gasteiger partial charge in [-0.05, 0) is 30.4 Å². The molecule has 1 aromatic carbocycles. The van der Waals surface area contributed by atoms with Crippen molar-refractivity contribution in [1.82, 2.24) is 4.98 Å². The monoisotopic (exact) mass is 308 g/mol. The van der Waals surface area contributed by atoms with Crippen LogP contribution in [0.25, 0.3) is 0 Å². The summed E-state index contributed by atoms with van der Waals surface area (Å²) >= 11 is 7.23. The van der Waals surface area contributed by atoms with E-state index in [0.717, 1.165) is 25.0 Å². The molecule has 2 aromatic rings. The summed E-state index contributed by atoms with van der Waals surface area (Å²) < 4.78 is 0. The highest BCUT2D eigenvalue weighted by atomic mass is 35.5. The Morgan fingerprint density at radius 3 is 2.75 bits per heavy atom. The molecule has 0 spiro atoms. The van der Waals surface area contributed by atoms with Crippen molar-refractivity contribution in [3.63, 3.8) is 0 Å². The zero-order valence-corrected chi connectivity index (χ0v) is 12.9. The lowest BCUT2D eigenvalue weighted by Crippen LogP contribution is -2.05. The van der Waals surface area contributed by atoms with E-state index in [1.54, 1.807) is 0 Å². The maximum absolute atomic E-state index is 10.9. The summed E-state index contributed by atoms with van der Waals surface area (Å²) in [5.41, 5.74) is 3.58. The van der Waals surface area contributed by atoms with Crippen LogP contribution in [0, 0.1) is 0 Å². The van der Waals surface area contributed by atoms with E-state index in [1.165, 1.54) is 29.4 Å². The van der Waals surface area contributed by atoms with Crippen LogP contribution in [0.1, 0.15) is 23.7 Å². The molecule has 0 aliphatic rings. The van der Waals surface area contributed by atoms with Gasteiger partial charge >= 0.3 is 0 Å². The van der Waals surface area contributed by atoms with Crippen molar-refractivity contribution in [2.75, 3.05) is 11.2 Å². The topological polar surface area (TPSA) is 42.0 Å². The van der Waals surface area contributed by atoms with Crippen LogP contribution in [0.4, 0.5) is 5.13 Å². The molecule has 1 N–H and O–H groups in total. The molecule has 0 aliphatic carbocycles. The third-order valence-electron chi connectivity index (χ3n) is 2.88. The van der Waals surface area contributed by atoms with E-state index in [9.17, 15) is 4.79 Å². The van der Waals surface area contributed by atoms with E-state index in [2.05, 4.69) is 34.6 Å². The van der Waals surface area contributed by atoms with Gasteiger partial charge in [0.1, 0.15) is 0 Å². The highest BCUT2D eigenvalue weighted by Gasteiger charge is 2.04. The number of anilines is 1. The summed E-state index contributed by atoms with van der Waals surface area (Å²) in [6.07, 6.45) is 2.72. The van der Waals surface area contributed by atoms with Crippen LogP contribution < -0.4 is 5.32 Å². The molecule has 3 nitrogen and oxygen atoms in total. The molecule has 0 saturated carbocycles. The predicted octanol–water partition coefficient (Wildman–Crippen LogP) is 3.67. The van der Waals surface area contributed by atoms with Gasteiger partial charge in [0.25, 0.3) is 0 Å². The van der Waals surface area contributed by atoms with Gasteiger partial charge in [-0.3, -0.25) is 4.79 Å². The number of hydrogen-bond donors (Lipinski definition) is 1. The quantitative estimate of drug-likeness (QED) is 0.827. The van der Waals surface area contributed by atoms with Crippen LogP contribution >= 0.6 is 22.9 Å². The number of carbonyl (C=O) groups is 1. The number of benzene rings is 1. The zero-order chi connectivity index (χ0) is 14.4. The maximum Gasteiger partial charge on any atom is 0.223 e. The number of halogens is 1. The molecule has 0 fully saturated rings. The van der Waals surface area contributed by atoms with Gasteiger partial charge in [0.2, 0.25) is 5.91 Å². The summed E-state index contributed by atoms with van der Waals surface area (Å²) in [6.45, 7) is 1.49. The molecule has 0 unspecified atom stereocenters. The molecule has 1 aromatic heterocycles. The fourth-order valence-corrected chi connectivity index (χ4v) is 2.96. The van der Waals surface area contributed by atoms with Crippen molar-refractivity contribution in [2.45, 2.75) is 26.2 Å². The maximum atomic E-state index is 10.9. The standard InChI is InChI=1S/C15H17ClN2OS/c1-11(19)17-15-18-14(10-20-15)6-5-12-3-2-4-13(9-12)7-8-16/h2-4,9-10H,5-8H2,1H3,(H,17,18,19). The SMILES string of the molecule is CC(=O)Nc1nc(CCc2cccc(CCCl)c2)cs1. The molecular formula is C15H17ClN2OS. The fraction of sp³-hybridized carbons (Fsp3) is 0.333. The minimum atomic E-state index is -0.0836. The highest BCUT2D eigenvalue weighted by molar-refractivity contribution is 7.13. The van der Waals surface area contributed by atoms with Crippen molar-refractivity contribution >= 4 is 34.0 Å². The number of alkyl halides is 1. The van der Waals surface area contributed by atoms with E-state index in [4.69, 9.17) is 11.6 Å². The smallest absolute Gasteiger partial charge is 0.223 e. The van der Waals surface area contributed by atoms with Gasteiger partial charge in [-0.2, -0.15) is 0 Å². The first-order valence-electron chi connectivity index (χ1n) is 6.53. The number of nitrogens with one attached hydrogen (secondary N) is 1. The third-order valence-corrected chi connectivity index (χ3v) is 3.87. The van der Waals surface area contributed by atoms with Crippen LogP contribution in [-0.4, -0.2) is 16.8 Å². The number of amides is 1. The highest BCUT2D eigenvalue weighted by Crippen LogP contribution is 2.17. The van der Waals surface area contributed by atoms with Gasteiger partial charge in [-0.15, -0.1) is 22.9 Å². The number of hydrogen-bond acceptors (Lipinski definition) is 3. The molecule has 106 valence electrons. The number of thiazole rings is 1. The third kappa shape index (κ3) is 4.62. The normalized spacial score (nSPS) is 10.5. The average Bonchev–Trinajstić information content (AvgIpc) is 2.84.